The number of nitriles is 1. The Labute approximate surface area is 140 Å². The number of hydrogen-bond acceptors (Lipinski definition) is 6. The summed E-state index contributed by atoms with van der Waals surface area (Å²) in [7, 11) is 1.59. The fraction of sp³-hybridized carbons (Fsp3) is 0.375. The molecule has 2 rings (SSSR count). The maximum atomic E-state index is 9.43. The molecule has 0 saturated carbocycles. The highest BCUT2D eigenvalue weighted by molar-refractivity contribution is 8.17. The van der Waals surface area contributed by atoms with Crippen LogP contribution in [-0.2, 0) is 6.42 Å². The Kier molecular flexibility index (Phi) is 5.40. The van der Waals surface area contributed by atoms with Gasteiger partial charge in [0.15, 0.2) is 16.7 Å². The predicted octanol–water partition coefficient (Wildman–Crippen LogP) is 2.45. The molecular weight excluding hydrogens is 312 g/mol. The van der Waals surface area contributed by atoms with Crippen LogP contribution in [0.25, 0.3) is 5.70 Å². The highest BCUT2D eigenvalue weighted by Gasteiger charge is 2.25. The minimum atomic E-state index is -0.117. The van der Waals surface area contributed by atoms with Crippen molar-refractivity contribution in [2.75, 3.05) is 13.7 Å². The smallest absolute Gasteiger partial charge is 0.161 e. The van der Waals surface area contributed by atoms with Crippen LogP contribution in [0.4, 0.5) is 0 Å². The number of amidine groups is 1. The van der Waals surface area contributed by atoms with Crippen molar-refractivity contribution in [3.05, 3.63) is 28.2 Å². The van der Waals surface area contributed by atoms with Gasteiger partial charge in [-0.3, -0.25) is 5.41 Å². The molecular formula is C16H20N4O2S. The van der Waals surface area contributed by atoms with Gasteiger partial charge in [-0.05, 0) is 49.7 Å². The molecule has 6 nitrogen and oxygen atoms in total. The first-order valence-corrected chi connectivity index (χ1v) is 8.08. The number of benzene rings is 1. The molecule has 4 N–H and O–H groups in total. The van der Waals surface area contributed by atoms with Gasteiger partial charge < -0.3 is 20.5 Å². The molecule has 1 aromatic carbocycles. The van der Waals surface area contributed by atoms with Crippen molar-refractivity contribution in [3.8, 4) is 17.6 Å². The van der Waals surface area contributed by atoms with Gasteiger partial charge in [-0.1, -0.05) is 0 Å². The quantitative estimate of drug-likeness (QED) is 0.444. The van der Waals surface area contributed by atoms with Gasteiger partial charge in [-0.2, -0.15) is 5.26 Å². The highest BCUT2D eigenvalue weighted by Crippen LogP contribution is 2.38. The number of nitrogens with two attached hydrogens (primary N) is 1. The van der Waals surface area contributed by atoms with Crippen LogP contribution in [0.15, 0.2) is 17.0 Å². The van der Waals surface area contributed by atoms with E-state index in [4.69, 9.17) is 20.6 Å². The van der Waals surface area contributed by atoms with E-state index in [9.17, 15) is 5.26 Å². The molecule has 1 aliphatic heterocycles. The number of rotatable bonds is 4. The van der Waals surface area contributed by atoms with Crippen molar-refractivity contribution in [3.63, 3.8) is 0 Å². The van der Waals surface area contributed by atoms with Gasteiger partial charge in [0.2, 0.25) is 0 Å². The van der Waals surface area contributed by atoms with Crippen molar-refractivity contribution in [2.24, 2.45) is 5.73 Å². The summed E-state index contributed by atoms with van der Waals surface area (Å²) < 4.78 is 11.0. The van der Waals surface area contributed by atoms with Crippen LogP contribution in [0.3, 0.4) is 0 Å². The van der Waals surface area contributed by atoms with E-state index in [1.807, 2.05) is 26.0 Å². The number of allylic oxidation sites excluding steroid dienone is 1. The summed E-state index contributed by atoms with van der Waals surface area (Å²) in [5.74, 6) is 1.31. The van der Waals surface area contributed by atoms with E-state index in [1.165, 1.54) is 0 Å². The first-order valence-electron chi connectivity index (χ1n) is 7.27. The van der Waals surface area contributed by atoms with Crippen molar-refractivity contribution < 1.29 is 9.47 Å². The second-order valence-corrected chi connectivity index (χ2v) is 6.18. The molecule has 1 heterocycles. The van der Waals surface area contributed by atoms with Gasteiger partial charge in [-0.15, -0.1) is 0 Å². The summed E-state index contributed by atoms with van der Waals surface area (Å²) >= 11 is 0.945. The minimum absolute atomic E-state index is 0.117. The molecule has 0 spiro atoms. The summed E-state index contributed by atoms with van der Waals surface area (Å²) in [6, 6.07) is 6.12. The monoisotopic (exact) mass is 332 g/mol. The maximum Gasteiger partial charge on any atom is 0.161 e. The summed E-state index contributed by atoms with van der Waals surface area (Å²) in [5, 5.41) is 20.1. The third-order valence-electron chi connectivity index (χ3n) is 3.42. The van der Waals surface area contributed by atoms with Crippen LogP contribution in [0.1, 0.15) is 25.0 Å². The Morgan fingerprint density at radius 2 is 2.26 bits per heavy atom. The van der Waals surface area contributed by atoms with Crippen molar-refractivity contribution in [1.29, 1.82) is 10.7 Å². The lowest BCUT2D eigenvalue weighted by Crippen LogP contribution is -2.32. The largest absolute Gasteiger partial charge is 0.493 e. The Morgan fingerprint density at radius 3 is 2.83 bits per heavy atom. The lowest BCUT2D eigenvalue weighted by atomic mass is 9.93. The average Bonchev–Trinajstić information content (AvgIpc) is 2.51. The molecule has 0 aromatic heterocycles. The van der Waals surface area contributed by atoms with Gasteiger partial charge in [0.25, 0.3) is 0 Å². The van der Waals surface area contributed by atoms with Gasteiger partial charge in [0.1, 0.15) is 11.0 Å². The van der Waals surface area contributed by atoms with Crippen molar-refractivity contribution in [2.45, 2.75) is 26.3 Å². The zero-order chi connectivity index (χ0) is 17.0. The maximum absolute atomic E-state index is 9.43. The van der Waals surface area contributed by atoms with E-state index in [-0.39, 0.29) is 11.2 Å². The molecule has 1 aromatic rings. The lowest BCUT2D eigenvalue weighted by molar-refractivity contribution is 0.310. The molecule has 23 heavy (non-hydrogen) atoms. The predicted molar refractivity (Wildman–Crippen MR) is 92.5 cm³/mol. The lowest BCUT2D eigenvalue weighted by Gasteiger charge is -2.28. The van der Waals surface area contributed by atoms with Crippen LogP contribution in [0, 0.1) is 16.7 Å². The molecule has 0 bridgehead atoms. The second kappa shape index (κ2) is 7.29. The molecule has 0 radical (unpaired) electrons. The average molecular weight is 332 g/mol. The summed E-state index contributed by atoms with van der Waals surface area (Å²) in [6.45, 7) is 4.52. The van der Waals surface area contributed by atoms with Crippen LogP contribution >= 0.6 is 11.8 Å². The molecule has 7 heteroatoms. The number of thioether (sulfide) groups is 1. The molecule has 1 aliphatic rings. The second-order valence-electron chi connectivity index (χ2n) is 5.12. The number of hydrogen-bond donors (Lipinski definition) is 3. The number of nitrogens with one attached hydrogen (secondary N) is 2. The Morgan fingerprint density at radius 1 is 1.52 bits per heavy atom. The van der Waals surface area contributed by atoms with Crippen LogP contribution in [-0.4, -0.2) is 24.9 Å². The van der Waals surface area contributed by atoms with Crippen molar-refractivity contribution >= 4 is 22.6 Å². The van der Waals surface area contributed by atoms with E-state index in [2.05, 4.69) is 11.4 Å². The first-order chi connectivity index (χ1) is 11.0. The zero-order valence-electron chi connectivity index (χ0n) is 13.4. The molecule has 0 fully saturated rings. The standard InChI is InChI=1S/C16H20N4O2S/c1-4-22-13-6-10-5-9(2)20-15(11(10)7-12(13)21-3)14(8-17)23-16(18)19/h6-7,9,20H,4-5H2,1-3H3,(H3,18,19). The number of methoxy groups -OCH3 is 1. The van der Waals surface area contributed by atoms with E-state index in [1.54, 1.807) is 7.11 Å². The highest BCUT2D eigenvalue weighted by atomic mass is 32.2. The third kappa shape index (κ3) is 3.71. The number of ether oxygens (including phenoxy) is 2. The Balaban J connectivity index is 2.62. The Bertz CT molecular complexity index is 694. The van der Waals surface area contributed by atoms with E-state index in [0.717, 1.165) is 29.3 Å². The molecule has 0 saturated heterocycles. The zero-order valence-corrected chi connectivity index (χ0v) is 14.2. The van der Waals surface area contributed by atoms with Crippen LogP contribution < -0.4 is 20.5 Å². The Hall–Kier alpha value is -2.33. The topological polar surface area (TPSA) is 104 Å². The molecule has 0 amide bonds. The number of fused-ring (bicyclic) bond motifs is 1. The molecule has 0 aliphatic carbocycles. The van der Waals surface area contributed by atoms with E-state index < -0.39 is 0 Å². The fourth-order valence-electron chi connectivity index (χ4n) is 2.56. The third-order valence-corrected chi connectivity index (χ3v) is 4.14. The van der Waals surface area contributed by atoms with E-state index in [0.29, 0.717) is 28.7 Å². The summed E-state index contributed by atoms with van der Waals surface area (Å²) in [4.78, 5) is 0.372. The summed E-state index contributed by atoms with van der Waals surface area (Å²) in [6.07, 6.45) is 0.812. The molecule has 122 valence electrons. The van der Waals surface area contributed by atoms with Crippen LogP contribution in [0.2, 0.25) is 0 Å². The minimum Gasteiger partial charge on any atom is -0.493 e. The fourth-order valence-corrected chi connectivity index (χ4v) is 3.10. The van der Waals surface area contributed by atoms with Crippen LogP contribution in [0.5, 0.6) is 11.5 Å². The van der Waals surface area contributed by atoms with Gasteiger partial charge >= 0.3 is 0 Å². The molecule has 1 unspecified atom stereocenters. The SMILES string of the molecule is CCOc1cc2c(cc1OC)C(=C(C#N)SC(=N)N)NC(C)C2. The first kappa shape index (κ1) is 17.0. The summed E-state index contributed by atoms with van der Waals surface area (Å²) in [5.41, 5.74) is 8.08. The van der Waals surface area contributed by atoms with Gasteiger partial charge in [-0.25, -0.2) is 0 Å². The van der Waals surface area contributed by atoms with Crippen molar-refractivity contribution in [1.82, 2.24) is 5.32 Å². The normalized spacial score (nSPS) is 18.3. The number of nitrogens with zero attached hydrogens (tertiary/aromatic N) is 1. The van der Waals surface area contributed by atoms with E-state index >= 15 is 0 Å². The molecule has 1 atom stereocenters. The van der Waals surface area contributed by atoms with Gasteiger partial charge in [0, 0.05) is 11.6 Å². The van der Waals surface area contributed by atoms with Gasteiger partial charge in [0.05, 0.1) is 19.4 Å².